The van der Waals surface area contributed by atoms with E-state index in [0.29, 0.717) is 24.8 Å². The summed E-state index contributed by atoms with van der Waals surface area (Å²) in [5, 5.41) is 50.4. The van der Waals surface area contributed by atoms with Gasteiger partial charge >= 0.3 is 6.18 Å². The van der Waals surface area contributed by atoms with Crippen molar-refractivity contribution in [1.82, 2.24) is 10.7 Å². The van der Waals surface area contributed by atoms with E-state index in [2.05, 4.69) is 10.2 Å². The lowest BCUT2D eigenvalue weighted by atomic mass is 9.89. The van der Waals surface area contributed by atoms with Crippen LogP contribution in [0, 0.1) is 11.8 Å². The van der Waals surface area contributed by atoms with Gasteiger partial charge in [0, 0.05) is 25.3 Å². The summed E-state index contributed by atoms with van der Waals surface area (Å²) in [7, 11) is 0. The number of benzene rings is 1. The van der Waals surface area contributed by atoms with Crippen LogP contribution in [-0.2, 0) is 22.2 Å². The highest BCUT2D eigenvalue weighted by Gasteiger charge is 2.39. The molecule has 1 amide bonds. The van der Waals surface area contributed by atoms with Crippen LogP contribution in [0.4, 0.5) is 13.2 Å². The Morgan fingerprint density at radius 3 is 2.67 bits per heavy atom. The van der Waals surface area contributed by atoms with E-state index < -0.39 is 41.5 Å². The molecule has 1 aliphatic rings. The molecule has 6 atom stereocenters. The molecular formula is C27H39F3N2O7. The van der Waals surface area contributed by atoms with Crippen LogP contribution in [-0.4, -0.2) is 68.0 Å². The number of hydrogen-bond donors (Lipinski definition) is 6. The second-order valence-corrected chi connectivity index (χ2v) is 9.87. The fourth-order valence-corrected chi connectivity index (χ4v) is 4.57. The highest BCUT2D eigenvalue weighted by Crippen LogP contribution is 2.36. The molecular weight excluding hydrogens is 521 g/mol. The predicted octanol–water partition coefficient (Wildman–Crippen LogP) is 3.55. The number of aliphatic hydroxyl groups is 3. The zero-order valence-electron chi connectivity index (χ0n) is 21.9. The zero-order valence-corrected chi connectivity index (χ0v) is 21.9. The van der Waals surface area contributed by atoms with E-state index in [4.69, 9.17) is 10.4 Å². The Morgan fingerprint density at radius 2 is 1.97 bits per heavy atom. The van der Waals surface area contributed by atoms with Crippen molar-refractivity contribution in [3.63, 3.8) is 0 Å². The van der Waals surface area contributed by atoms with Crippen LogP contribution >= 0.6 is 0 Å². The summed E-state index contributed by atoms with van der Waals surface area (Å²) in [5.41, 5.74) is -0.260. The minimum atomic E-state index is -4.42. The van der Waals surface area contributed by atoms with Crippen molar-refractivity contribution in [3.8, 4) is 0 Å². The smallest absolute Gasteiger partial charge is 0.393 e. The predicted molar refractivity (Wildman–Crippen MR) is 135 cm³/mol. The van der Waals surface area contributed by atoms with Gasteiger partial charge in [-0.2, -0.15) is 13.2 Å². The number of rotatable bonds is 15. The summed E-state index contributed by atoms with van der Waals surface area (Å²) in [6, 6.07) is 4.99. The summed E-state index contributed by atoms with van der Waals surface area (Å²) in [6.45, 7) is 1.67. The SMILES string of the molecule is CC(CNC(=O)CCC/C=C\C[C@@H]1[C@@H](/C=C/[C@@H](O)CCc2cccc(C(F)(F)F)c2)[C@H](O)C[C@@H]1O)ON(O)O. The molecule has 1 aromatic carbocycles. The highest BCUT2D eigenvalue weighted by atomic mass is 19.4. The van der Waals surface area contributed by atoms with Crippen molar-refractivity contribution in [2.75, 3.05) is 6.54 Å². The Labute approximate surface area is 226 Å². The molecule has 0 radical (unpaired) electrons. The van der Waals surface area contributed by atoms with Gasteiger partial charge in [-0.05, 0) is 56.6 Å². The van der Waals surface area contributed by atoms with Crippen LogP contribution in [0.5, 0.6) is 0 Å². The molecule has 1 fully saturated rings. The molecule has 0 spiro atoms. The van der Waals surface area contributed by atoms with Crippen LogP contribution in [0.25, 0.3) is 0 Å². The van der Waals surface area contributed by atoms with Gasteiger partial charge in [-0.25, -0.2) is 4.84 Å². The van der Waals surface area contributed by atoms with E-state index in [-0.39, 0.29) is 50.0 Å². The minimum Gasteiger partial charge on any atom is -0.393 e. The Bertz CT molecular complexity index is 942. The summed E-state index contributed by atoms with van der Waals surface area (Å²) in [5.74, 6) is -0.838. The van der Waals surface area contributed by atoms with Crippen LogP contribution in [0.3, 0.4) is 0 Å². The molecule has 39 heavy (non-hydrogen) atoms. The number of allylic oxidation sites excluding steroid dienone is 2. The molecule has 1 unspecified atom stereocenters. The lowest BCUT2D eigenvalue weighted by molar-refractivity contribution is -0.502. The molecule has 0 saturated heterocycles. The van der Waals surface area contributed by atoms with Crippen molar-refractivity contribution in [1.29, 1.82) is 0 Å². The maximum absolute atomic E-state index is 12.9. The summed E-state index contributed by atoms with van der Waals surface area (Å²) in [6.07, 6.45) is 2.21. The average molecular weight is 561 g/mol. The molecule has 0 aliphatic heterocycles. The van der Waals surface area contributed by atoms with Gasteiger partial charge < -0.3 is 20.6 Å². The average Bonchev–Trinajstić information content (AvgIpc) is 3.13. The van der Waals surface area contributed by atoms with Gasteiger partial charge in [0.25, 0.3) is 0 Å². The second kappa shape index (κ2) is 16.1. The van der Waals surface area contributed by atoms with E-state index in [0.717, 1.165) is 12.1 Å². The molecule has 9 nitrogen and oxygen atoms in total. The summed E-state index contributed by atoms with van der Waals surface area (Å²) >= 11 is 0. The van der Waals surface area contributed by atoms with Crippen LogP contribution in [0.15, 0.2) is 48.6 Å². The molecule has 12 heteroatoms. The molecule has 1 aromatic rings. The number of unbranched alkanes of at least 4 members (excludes halogenated alkanes) is 1. The Balaban J connectivity index is 1.76. The van der Waals surface area contributed by atoms with Gasteiger partial charge in [0.2, 0.25) is 5.91 Å². The number of nitrogens with one attached hydrogen (secondary N) is 1. The number of alkyl halides is 3. The zero-order chi connectivity index (χ0) is 29.0. The number of nitrogens with zero attached hydrogens (tertiary/aromatic N) is 1. The topological polar surface area (TPSA) is 143 Å². The first kappa shape index (κ1) is 32.9. The van der Waals surface area contributed by atoms with Crippen molar-refractivity contribution in [2.45, 2.75) is 82.5 Å². The Kier molecular flexibility index (Phi) is 13.5. The van der Waals surface area contributed by atoms with E-state index in [1.807, 2.05) is 12.2 Å². The van der Waals surface area contributed by atoms with Gasteiger partial charge in [0.05, 0.1) is 35.4 Å². The number of amides is 1. The van der Waals surface area contributed by atoms with E-state index in [1.165, 1.54) is 12.1 Å². The fourth-order valence-electron chi connectivity index (χ4n) is 4.57. The number of carbonyl (C=O) groups excluding carboxylic acids is 1. The lowest BCUT2D eigenvalue weighted by Crippen LogP contribution is -2.34. The largest absolute Gasteiger partial charge is 0.416 e. The number of carbonyl (C=O) groups is 1. The maximum Gasteiger partial charge on any atom is 0.416 e. The number of halogens is 3. The fraction of sp³-hybridized carbons (Fsp3) is 0.593. The third-order valence-corrected chi connectivity index (χ3v) is 6.66. The third kappa shape index (κ3) is 12.2. The third-order valence-electron chi connectivity index (χ3n) is 6.66. The molecule has 220 valence electrons. The summed E-state index contributed by atoms with van der Waals surface area (Å²) in [4.78, 5) is 16.4. The van der Waals surface area contributed by atoms with Gasteiger partial charge in [-0.1, -0.05) is 42.5 Å². The van der Waals surface area contributed by atoms with Gasteiger partial charge in [0.1, 0.15) is 0 Å². The van der Waals surface area contributed by atoms with Crippen molar-refractivity contribution in [2.24, 2.45) is 11.8 Å². The van der Waals surface area contributed by atoms with E-state index in [1.54, 1.807) is 19.1 Å². The van der Waals surface area contributed by atoms with Crippen molar-refractivity contribution < 1.29 is 48.5 Å². The maximum atomic E-state index is 12.9. The monoisotopic (exact) mass is 560 g/mol. The number of hydrogen-bond acceptors (Lipinski definition) is 8. The van der Waals surface area contributed by atoms with Crippen LogP contribution in [0.1, 0.15) is 56.6 Å². The van der Waals surface area contributed by atoms with Gasteiger partial charge in [0.15, 0.2) is 0 Å². The minimum absolute atomic E-state index is 0.114. The first-order chi connectivity index (χ1) is 18.4. The van der Waals surface area contributed by atoms with E-state index in [9.17, 15) is 33.3 Å². The second-order valence-electron chi connectivity index (χ2n) is 9.87. The van der Waals surface area contributed by atoms with Crippen molar-refractivity contribution in [3.05, 3.63) is 59.7 Å². The van der Waals surface area contributed by atoms with Crippen LogP contribution < -0.4 is 5.32 Å². The van der Waals surface area contributed by atoms with Gasteiger partial charge in [-0.3, -0.25) is 15.2 Å². The summed E-state index contributed by atoms with van der Waals surface area (Å²) < 4.78 is 38.7. The standard InChI is InChI=1S/C27H39F3N2O7/c1-18(39-32(37)38)17-31-26(36)10-5-3-2-4-9-22-23(25(35)16-24(22)34)14-13-21(33)12-11-19-7-6-8-20(15-19)27(28,29)30/h2,4,6-8,13-15,18,21-25,33-35,37-38H,3,5,9-12,16-17H2,1H3,(H,31,36)/b4-2-,14-13+/t18?,21-,22+,23+,24-,25+/m0/s1. The first-order valence-electron chi connectivity index (χ1n) is 13.0. The molecule has 1 aliphatic carbocycles. The molecule has 2 rings (SSSR count). The molecule has 6 N–H and O–H groups in total. The molecule has 1 saturated carbocycles. The Hall–Kier alpha value is -2.32. The first-order valence-corrected chi connectivity index (χ1v) is 13.0. The number of aliphatic hydroxyl groups excluding tert-OH is 3. The molecule has 0 heterocycles. The molecule has 0 aromatic heterocycles. The Morgan fingerprint density at radius 1 is 1.23 bits per heavy atom. The lowest BCUT2D eigenvalue weighted by Gasteiger charge is -2.19. The molecule has 0 bridgehead atoms. The van der Waals surface area contributed by atoms with Crippen molar-refractivity contribution >= 4 is 5.91 Å². The number of aryl methyl sites for hydroxylation is 1. The quantitative estimate of drug-likeness (QED) is 0.109. The normalized spacial score (nSPS) is 23.6. The van der Waals surface area contributed by atoms with Gasteiger partial charge in [-0.15, -0.1) is 0 Å². The van der Waals surface area contributed by atoms with Crippen LogP contribution in [0.2, 0.25) is 0 Å². The highest BCUT2D eigenvalue weighted by molar-refractivity contribution is 5.75. The van der Waals surface area contributed by atoms with E-state index >= 15 is 0 Å².